The summed E-state index contributed by atoms with van der Waals surface area (Å²) in [5.41, 5.74) is 0.739. The first kappa shape index (κ1) is 25.1. The Hall–Kier alpha value is -2.90. The highest BCUT2D eigenvalue weighted by Crippen LogP contribution is 2.06. The Morgan fingerprint density at radius 1 is 0.900 bits per heavy atom. The molecule has 1 aromatic rings. The van der Waals surface area contributed by atoms with Crippen molar-refractivity contribution in [1.29, 1.82) is 0 Å². The van der Waals surface area contributed by atoms with E-state index >= 15 is 0 Å². The minimum Gasteiger partial charge on any atom is -0.338 e. The Morgan fingerprint density at radius 3 is 2.20 bits per heavy atom. The van der Waals surface area contributed by atoms with Crippen LogP contribution in [0.4, 0.5) is 15.3 Å². The van der Waals surface area contributed by atoms with Crippen LogP contribution < -0.4 is 21.3 Å². The first-order chi connectivity index (χ1) is 14.3. The van der Waals surface area contributed by atoms with Gasteiger partial charge in [-0.1, -0.05) is 25.1 Å². The van der Waals surface area contributed by atoms with Gasteiger partial charge in [0.1, 0.15) is 5.78 Å². The third-order valence-corrected chi connectivity index (χ3v) is 4.71. The molecule has 0 fully saturated rings. The number of para-hydroxylation sites is 1. The molecule has 8 nitrogen and oxygen atoms in total. The van der Waals surface area contributed by atoms with Crippen LogP contribution in [0.3, 0.4) is 0 Å². The Balaban J connectivity index is 2.26. The number of rotatable bonds is 13. The number of urea groups is 2. The molecular formula is C22H34N4O4. The maximum atomic E-state index is 12.2. The third kappa shape index (κ3) is 11.2. The molecule has 1 rings (SSSR count). The molecule has 0 aromatic heterocycles. The number of hydrogen-bond acceptors (Lipinski definition) is 4. The van der Waals surface area contributed by atoms with E-state index in [0.29, 0.717) is 13.0 Å². The molecule has 0 saturated carbocycles. The molecule has 0 radical (unpaired) electrons. The van der Waals surface area contributed by atoms with E-state index in [1.165, 1.54) is 13.8 Å². The lowest BCUT2D eigenvalue weighted by Crippen LogP contribution is -2.48. The zero-order valence-electron chi connectivity index (χ0n) is 18.1. The minimum atomic E-state index is -0.654. The van der Waals surface area contributed by atoms with Crippen molar-refractivity contribution in [3.05, 3.63) is 30.3 Å². The second-order valence-corrected chi connectivity index (χ2v) is 7.37. The van der Waals surface area contributed by atoms with Crippen molar-refractivity contribution in [2.24, 2.45) is 0 Å². The highest BCUT2D eigenvalue weighted by molar-refractivity contribution is 5.89. The van der Waals surface area contributed by atoms with Crippen LogP contribution >= 0.6 is 0 Å². The number of hydrogen-bond donors (Lipinski definition) is 4. The first-order valence-electron chi connectivity index (χ1n) is 10.5. The van der Waals surface area contributed by atoms with Crippen molar-refractivity contribution < 1.29 is 19.2 Å². The minimum absolute atomic E-state index is 0.0130. The normalized spacial score (nSPS) is 12.4. The second kappa shape index (κ2) is 14.1. The Labute approximate surface area is 178 Å². The van der Waals surface area contributed by atoms with Crippen molar-refractivity contribution >= 4 is 29.3 Å². The molecular weight excluding hydrogens is 384 g/mol. The Kier molecular flexibility index (Phi) is 11.8. The highest BCUT2D eigenvalue weighted by Gasteiger charge is 2.19. The van der Waals surface area contributed by atoms with Gasteiger partial charge in [-0.25, -0.2) is 9.59 Å². The number of amides is 4. The van der Waals surface area contributed by atoms with Gasteiger partial charge in [-0.05, 0) is 58.1 Å². The maximum Gasteiger partial charge on any atom is 0.319 e. The topological polar surface area (TPSA) is 116 Å². The summed E-state index contributed by atoms with van der Waals surface area (Å²) in [6, 6.07) is 7.91. The van der Waals surface area contributed by atoms with Crippen molar-refractivity contribution in [3.8, 4) is 0 Å². The van der Waals surface area contributed by atoms with Crippen LogP contribution in [0.15, 0.2) is 30.3 Å². The average molecular weight is 419 g/mol. The Morgan fingerprint density at radius 2 is 1.60 bits per heavy atom. The fourth-order valence-corrected chi connectivity index (χ4v) is 2.90. The molecule has 0 bridgehead atoms. The summed E-state index contributed by atoms with van der Waals surface area (Å²) in [5.74, 6) is -0.180. The highest BCUT2D eigenvalue weighted by atomic mass is 16.2. The predicted octanol–water partition coefficient (Wildman–Crippen LogP) is 3.38. The summed E-state index contributed by atoms with van der Waals surface area (Å²) in [5, 5.41) is 11.1. The fraction of sp³-hybridized carbons (Fsp3) is 0.545. The standard InChI is InChI=1S/C22H34N4O4/c1-4-18(24-22(30)26-20(17(3)28)14-13-16(2)27)10-8-9-15-23-21(29)25-19-11-6-5-7-12-19/h5-7,11-12,18,20H,4,8-10,13-15H2,1-3H3,(H2,23,25,29)(H2,24,26,30). The zero-order chi connectivity index (χ0) is 22.4. The van der Waals surface area contributed by atoms with Crippen LogP contribution in [-0.2, 0) is 9.59 Å². The van der Waals surface area contributed by atoms with Gasteiger partial charge in [-0.15, -0.1) is 0 Å². The largest absolute Gasteiger partial charge is 0.338 e. The van der Waals surface area contributed by atoms with Gasteiger partial charge in [0.15, 0.2) is 5.78 Å². The number of benzene rings is 1. The predicted molar refractivity (Wildman–Crippen MR) is 117 cm³/mol. The average Bonchev–Trinajstić information content (AvgIpc) is 2.70. The van der Waals surface area contributed by atoms with Crippen LogP contribution in [0.1, 0.15) is 59.3 Å². The van der Waals surface area contributed by atoms with E-state index in [2.05, 4.69) is 21.3 Å². The number of anilines is 1. The van der Waals surface area contributed by atoms with Gasteiger partial charge in [-0.3, -0.25) is 4.79 Å². The van der Waals surface area contributed by atoms with E-state index in [0.717, 1.165) is 31.4 Å². The number of carbonyl (C=O) groups is 4. The summed E-state index contributed by atoms with van der Waals surface area (Å²) < 4.78 is 0. The first-order valence-corrected chi connectivity index (χ1v) is 10.5. The molecule has 0 aliphatic carbocycles. The van der Waals surface area contributed by atoms with E-state index in [1.54, 1.807) is 0 Å². The summed E-state index contributed by atoms with van der Waals surface area (Å²) in [6.45, 7) is 5.39. The molecule has 0 aliphatic heterocycles. The molecule has 4 amide bonds. The van der Waals surface area contributed by atoms with Gasteiger partial charge in [0.2, 0.25) is 0 Å². The number of unbranched alkanes of at least 4 members (excludes halogenated alkanes) is 1. The monoisotopic (exact) mass is 418 g/mol. The summed E-state index contributed by atoms with van der Waals surface area (Å²) in [6.07, 6.45) is 3.72. The van der Waals surface area contributed by atoms with Gasteiger partial charge in [0.05, 0.1) is 6.04 Å². The van der Waals surface area contributed by atoms with Crippen molar-refractivity contribution in [2.45, 2.75) is 71.4 Å². The number of carbonyl (C=O) groups excluding carboxylic acids is 4. The quantitative estimate of drug-likeness (QED) is 0.367. The van der Waals surface area contributed by atoms with Crippen LogP contribution in [0.5, 0.6) is 0 Å². The molecule has 1 aromatic carbocycles. The molecule has 0 aliphatic rings. The van der Waals surface area contributed by atoms with Crippen molar-refractivity contribution in [2.75, 3.05) is 11.9 Å². The molecule has 8 heteroatoms. The van der Waals surface area contributed by atoms with E-state index in [-0.39, 0.29) is 30.1 Å². The van der Waals surface area contributed by atoms with E-state index < -0.39 is 12.1 Å². The molecule has 4 N–H and O–H groups in total. The Bertz CT molecular complexity index is 694. The third-order valence-electron chi connectivity index (χ3n) is 4.71. The van der Waals surface area contributed by atoms with Gasteiger partial charge in [-0.2, -0.15) is 0 Å². The van der Waals surface area contributed by atoms with Crippen molar-refractivity contribution in [3.63, 3.8) is 0 Å². The van der Waals surface area contributed by atoms with Gasteiger partial charge < -0.3 is 26.1 Å². The molecule has 0 heterocycles. The smallest absolute Gasteiger partial charge is 0.319 e. The van der Waals surface area contributed by atoms with Gasteiger partial charge >= 0.3 is 12.1 Å². The second-order valence-electron chi connectivity index (χ2n) is 7.37. The maximum absolute atomic E-state index is 12.2. The fourth-order valence-electron chi connectivity index (χ4n) is 2.90. The van der Waals surface area contributed by atoms with Gasteiger partial charge in [0.25, 0.3) is 0 Å². The van der Waals surface area contributed by atoms with Gasteiger partial charge in [0, 0.05) is 24.7 Å². The van der Waals surface area contributed by atoms with E-state index in [1.807, 2.05) is 37.3 Å². The molecule has 166 valence electrons. The molecule has 0 spiro atoms. The van der Waals surface area contributed by atoms with E-state index in [9.17, 15) is 19.2 Å². The van der Waals surface area contributed by atoms with Crippen LogP contribution in [0, 0.1) is 0 Å². The summed E-state index contributed by atoms with van der Waals surface area (Å²) in [4.78, 5) is 46.8. The summed E-state index contributed by atoms with van der Waals surface area (Å²) in [7, 11) is 0. The number of nitrogens with one attached hydrogen (secondary N) is 4. The number of Topliss-reactive ketones (excluding diaryl/α,β-unsaturated/α-hetero) is 2. The van der Waals surface area contributed by atoms with E-state index in [4.69, 9.17) is 0 Å². The SMILES string of the molecule is CCC(CCCCNC(=O)Nc1ccccc1)NC(=O)NC(CCC(C)=O)C(C)=O. The van der Waals surface area contributed by atoms with Crippen LogP contribution in [-0.4, -0.2) is 42.3 Å². The lowest BCUT2D eigenvalue weighted by Gasteiger charge is -2.20. The lowest BCUT2D eigenvalue weighted by molar-refractivity contribution is -0.119. The molecule has 2 unspecified atom stereocenters. The van der Waals surface area contributed by atoms with Crippen molar-refractivity contribution in [1.82, 2.24) is 16.0 Å². The molecule has 0 saturated heterocycles. The molecule has 2 atom stereocenters. The summed E-state index contributed by atoms with van der Waals surface area (Å²) >= 11 is 0. The molecule has 30 heavy (non-hydrogen) atoms. The number of ketones is 2. The zero-order valence-corrected chi connectivity index (χ0v) is 18.1. The van der Waals surface area contributed by atoms with Crippen LogP contribution in [0.25, 0.3) is 0 Å². The van der Waals surface area contributed by atoms with Crippen LogP contribution in [0.2, 0.25) is 0 Å². The lowest BCUT2D eigenvalue weighted by atomic mass is 10.1.